The van der Waals surface area contributed by atoms with Gasteiger partial charge in [0.1, 0.15) is 17.4 Å². The highest BCUT2D eigenvalue weighted by Crippen LogP contribution is 2.29. The number of carbonyl (C=O) groups is 1. The number of thiazole rings is 1. The highest BCUT2D eigenvalue weighted by atomic mass is 32.1. The van der Waals surface area contributed by atoms with E-state index in [1.165, 1.54) is 11.3 Å². The number of hydrogen-bond acceptors (Lipinski definition) is 5. The molecule has 4 nitrogen and oxygen atoms in total. The minimum atomic E-state index is 0.228. The van der Waals surface area contributed by atoms with E-state index in [9.17, 15) is 9.90 Å². The maximum absolute atomic E-state index is 10.1. The lowest BCUT2D eigenvalue weighted by Crippen LogP contribution is -1.88. The summed E-state index contributed by atoms with van der Waals surface area (Å²) < 4.78 is 4.72. The summed E-state index contributed by atoms with van der Waals surface area (Å²) in [5, 5.41) is 10.1. The molecule has 1 N–H and O–H groups in total. The van der Waals surface area contributed by atoms with Crippen molar-refractivity contribution < 1.29 is 14.6 Å². The standard InChI is InChI=1S/C12H11NO3S/c1-8-11(6-16-7-14)17-12(13-8)9-2-4-10(15)5-3-9/h2-5,7,15H,6H2,1H3. The van der Waals surface area contributed by atoms with Crippen LogP contribution >= 0.6 is 11.3 Å². The van der Waals surface area contributed by atoms with E-state index >= 15 is 0 Å². The maximum atomic E-state index is 10.1. The van der Waals surface area contributed by atoms with E-state index in [0.29, 0.717) is 6.47 Å². The molecular weight excluding hydrogens is 238 g/mol. The van der Waals surface area contributed by atoms with Crippen LogP contribution in [0.1, 0.15) is 10.6 Å². The number of aryl methyl sites for hydroxylation is 1. The average molecular weight is 249 g/mol. The Labute approximate surface area is 103 Å². The molecule has 0 aliphatic carbocycles. The monoisotopic (exact) mass is 249 g/mol. The van der Waals surface area contributed by atoms with Gasteiger partial charge in [0.15, 0.2) is 0 Å². The van der Waals surface area contributed by atoms with Crippen molar-refractivity contribution in [3.05, 3.63) is 34.8 Å². The number of carbonyl (C=O) groups excluding carboxylic acids is 1. The molecule has 0 aliphatic rings. The van der Waals surface area contributed by atoms with Gasteiger partial charge in [0, 0.05) is 5.56 Å². The second-order valence-corrected chi connectivity index (χ2v) is 4.57. The maximum Gasteiger partial charge on any atom is 0.293 e. The predicted molar refractivity (Wildman–Crippen MR) is 64.8 cm³/mol. The number of nitrogens with zero attached hydrogens (tertiary/aromatic N) is 1. The summed E-state index contributed by atoms with van der Waals surface area (Å²) in [4.78, 5) is 15.5. The molecule has 88 valence electrons. The van der Waals surface area contributed by atoms with Gasteiger partial charge in [-0.25, -0.2) is 4.98 Å². The van der Waals surface area contributed by atoms with Gasteiger partial charge in [-0.15, -0.1) is 11.3 Å². The van der Waals surface area contributed by atoms with Gasteiger partial charge in [0.05, 0.1) is 10.6 Å². The van der Waals surface area contributed by atoms with E-state index in [2.05, 4.69) is 4.98 Å². The predicted octanol–water partition coefficient (Wildman–Crippen LogP) is 2.50. The zero-order valence-electron chi connectivity index (χ0n) is 9.21. The Kier molecular flexibility index (Phi) is 3.39. The van der Waals surface area contributed by atoms with Crippen LogP contribution in [0, 0.1) is 6.92 Å². The molecule has 0 radical (unpaired) electrons. The lowest BCUT2D eigenvalue weighted by atomic mass is 10.2. The Morgan fingerprint density at radius 3 is 2.76 bits per heavy atom. The van der Waals surface area contributed by atoms with Crippen LogP contribution in [0.2, 0.25) is 0 Å². The molecule has 17 heavy (non-hydrogen) atoms. The molecule has 0 bridgehead atoms. The summed E-state index contributed by atoms with van der Waals surface area (Å²) in [7, 11) is 0. The third-order valence-corrected chi connectivity index (χ3v) is 3.47. The Hall–Kier alpha value is -1.88. The molecule has 0 fully saturated rings. The number of phenols is 1. The van der Waals surface area contributed by atoms with Crippen molar-refractivity contribution in [2.24, 2.45) is 0 Å². The zero-order valence-corrected chi connectivity index (χ0v) is 10.0. The Morgan fingerprint density at radius 1 is 1.41 bits per heavy atom. The molecular formula is C12H11NO3S. The lowest BCUT2D eigenvalue weighted by Gasteiger charge is -1.95. The van der Waals surface area contributed by atoms with Crippen molar-refractivity contribution in [2.75, 3.05) is 0 Å². The van der Waals surface area contributed by atoms with E-state index in [1.54, 1.807) is 24.3 Å². The van der Waals surface area contributed by atoms with Gasteiger partial charge >= 0.3 is 0 Å². The molecule has 2 aromatic rings. The molecule has 0 unspecified atom stereocenters. The number of phenolic OH excluding ortho intramolecular Hbond substituents is 1. The summed E-state index contributed by atoms with van der Waals surface area (Å²) in [5.74, 6) is 0.228. The number of benzene rings is 1. The molecule has 1 aromatic carbocycles. The van der Waals surface area contributed by atoms with Gasteiger partial charge in [-0.05, 0) is 31.2 Å². The highest BCUT2D eigenvalue weighted by Gasteiger charge is 2.09. The topological polar surface area (TPSA) is 59.4 Å². The molecule has 0 spiro atoms. The molecule has 0 saturated heterocycles. The van der Waals surface area contributed by atoms with Crippen LogP contribution in [0.25, 0.3) is 10.6 Å². The second-order valence-electron chi connectivity index (χ2n) is 3.48. The van der Waals surface area contributed by atoms with Gasteiger partial charge in [0.2, 0.25) is 0 Å². The SMILES string of the molecule is Cc1nc(-c2ccc(O)cc2)sc1COC=O. The number of ether oxygens (including phenoxy) is 1. The van der Waals surface area contributed by atoms with Crippen molar-refractivity contribution in [1.29, 1.82) is 0 Å². The van der Waals surface area contributed by atoms with Gasteiger partial charge in [-0.2, -0.15) is 0 Å². The number of aromatic nitrogens is 1. The number of rotatable bonds is 4. The fourth-order valence-corrected chi connectivity index (χ4v) is 2.39. The zero-order chi connectivity index (χ0) is 12.3. The van der Waals surface area contributed by atoms with Crippen LogP contribution in [0.4, 0.5) is 0 Å². The molecule has 2 rings (SSSR count). The summed E-state index contributed by atoms with van der Waals surface area (Å²) in [6.45, 7) is 2.56. The van der Waals surface area contributed by atoms with Gasteiger partial charge < -0.3 is 9.84 Å². The minimum absolute atomic E-state index is 0.228. The van der Waals surface area contributed by atoms with Crippen molar-refractivity contribution in [3.8, 4) is 16.3 Å². The fraction of sp³-hybridized carbons (Fsp3) is 0.167. The average Bonchev–Trinajstić information content (AvgIpc) is 2.69. The van der Waals surface area contributed by atoms with Crippen LogP contribution in [0.15, 0.2) is 24.3 Å². The van der Waals surface area contributed by atoms with Gasteiger partial charge in [-0.1, -0.05) is 0 Å². The summed E-state index contributed by atoms with van der Waals surface area (Å²) in [5.41, 5.74) is 1.80. The van der Waals surface area contributed by atoms with Gasteiger partial charge in [0.25, 0.3) is 6.47 Å². The molecule has 0 aliphatic heterocycles. The molecule has 0 saturated carbocycles. The van der Waals surface area contributed by atoms with Crippen molar-refractivity contribution in [3.63, 3.8) is 0 Å². The number of aromatic hydroxyl groups is 1. The molecule has 0 amide bonds. The molecule has 5 heteroatoms. The highest BCUT2D eigenvalue weighted by molar-refractivity contribution is 7.15. The van der Waals surface area contributed by atoms with E-state index in [4.69, 9.17) is 4.74 Å². The van der Waals surface area contributed by atoms with E-state index in [1.807, 2.05) is 6.92 Å². The molecule has 1 aromatic heterocycles. The van der Waals surface area contributed by atoms with Crippen LogP contribution in [0.5, 0.6) is 5.75 Å². The Morgan fingerprint density at radius 2 is 2.12 bits per heavy atom. The largest absolute Gasteiger partial charge is 0.508 e. The van der Waals surface area contributed by atoms with Crippen LogP contribution in [-0.2, 0) is 16.1 Å². The van der Waals surface area contributed by atoms with E-state index < -0.39 is 0 Å². The first-order chi connectivity index (χ1) is 8.20. The van der Waals surface area contributed by atoms with Crippen molar-refractivity contribution in [1.82, 2.24) is 4.98 Å². The normalized spacial score (nSPS) is 10.2. The molecule has 1 heterocycles. The first kappa shape index (κ1) is 11.6. The van der Waals surface area contributed by atoms with Crippen LogP contribution in [0.3, 0.4) is 0 Å². The fourth-order valence-electron chi connectivity index (χ4n) is 1.40. The Bertz CT molecular complexity index is 519. The van der Waals surface area contributed by atoms with E-state index in [-0.39, 0.29) is 12.4 Å². The van der Waals surface area contributed by atoms with Crippen LogP contribution in [-0.4, -0.2) is 16.6 Å². The quantitative estimate of drug-likeness (QED) is 0.846. The van der Waals surface area contributed by atoms with E-state index in [0.717, 1.165) is 21.1 Å². The van der Waals surface area contributed by atoms with Crippen molar-refractivity contribution >= 4 is 17.8 Å². The summed E-state index contributed by atoms with van der Waals surface area (Å²) >= 11 is 1.48. The second kappa shape index (κ2) is 4.97. The minimum Gasteiger partial charge on any atom is -0.508 e. The lowest BCUT2D eigenvalue weighted by molar-refractivity contribution is -0.129. The first-order valence-electron chi connectivity index (χ1n) is 5.01. The first-order valence-corrected chi connectivity index (χ1v) is 5.83. The van der Waals surface area contributed by atoms with Crippen molar-refractivity contribution in [2.45, 2.75) is 13.5 Å². The Balaban J connectivity index is 2.27. The summed E-state index contributed by atoms with van der Waals surface area (Å²) in [6.07, 6.45) is 0. The van der Waals surface area contributed by atoms with Gasteiger partial charge in [-0.3, -0.25) is 4.79 Å². The third-order valence-electron chi connectivity index (χ3n) is 2.29. The summed E-state index contributed by atoms with van der Waals surface area (Å²) in [6, 6.07) is 6.84. The third kappa shape index (κ3) is 2.62. The smallest absolute Gasteiger partial charge is 0.293 e. The number of hydrogen-bond donors (Lipinski definition) is 1. The van der Waals surface area contributed by atoms with Crippen LogP contribution < -0.4 is 0 Å². The molecule has 0 atom stereocenters.